The zero-order valence-electron chi connectivity index (χ0n) is 21.7. The maximum atomic E-state index is 6.31. The van der Waals surface area contributed by atoms with E-state index >= 15 is 0 Å². The first-order valence-electron chi connectivity index (χ1n) is 13.1. The molecule has 9 aromatic rings. The number of hydrogen-bond acceptors (Lipinski definition) is 6. The van der Waals surface area contributed by atoms with E-state index in [1.165, 1.54) is 0 Å². The van der Waals surface area contributed by atoms with Crippen molar-refractivity contribution in [2.24, 2.45) is 0 Å². The van der Waals surface area contributed by atoms with Gasteiger partial charge in [0.1, 0.15) is 17.6 Å². The maximum absolute atomic E-state index is 6.31. The number of imidazole rings is 2. The van der Waals surface area contributed by atoms with Crippen LogP contribution in [0.1, 0.15) is 0 Å². The summed E-state index contributed by atoms with van der Waals surface area (Å²) in [4.78, 5) is 22.9. The fourth-order valence-electron chi connectivity index (χ4n) is 5.62. The Kier molecular flexibility index (Phi) is 5.52. The molecule has 0 bridgehead atoms. The van der Waals surface area contributed by atoms with E-state index in [9.17, 15) is 0 Å². The molecule has 0 aliphatic rings. The third-order valence-corrected chi connectivity index (χ3v) is 7.46. The zero-order chi connectivity index (χ0) is 26.9. The molecule has 0 aliphatic carbocycles. The second-order valence-electron chi connectivity index (χ2n) is 9.76. The average molecular weight is 723 g/mol. The minimum absolute atomic E-state index is 0. The summed E-state index contributed by atoms with van der Waals surface area (Å²) in [6, 6.07) is 29.1. The second kappa shape index (κ2) is 9.43. The van der Waals surface area contributed by atoms with Crippen molar-refractivity contribution < 1.29 is 25.8 Å². The van der Waals surface area contributed by atoms with Crippen molar-refractivity contribution in [3.05, 3.63) is 116 Å². The topological polar surface area (TPSA) is 82.5 Å². The van der Waals surface area contributed by atoms with Gasteiger partial charge in [-0.1, -0.05) is 82.2 Å². The van der Waals surface area contributed by atoms with E-state index in [4.69, 9.17) is 9.72 Å². The van der Waals surface area contributed by atoms with Crippen LogP contribution in [0, 0.1) is 12.1 Å². The molecular weight excluding hydrogens is 705 g/mol. The van der Waals surface area contributed by atoms with Crippen LogP contribution in [0.3, 0.4) is 0 Å². The molecule has 200 valence electrons. The van der Waals surface area contributed by atoms with E-state index in [2.05, 4.69) is 56.3 Å². The van der Waals surface area contributed by atoms with Gasteiger partial charge in [0.05, 0.1) is 17.0 Å². The van der Waals surface area contributed by atoms with Crippen LogP contribution >= 0.6 is 0 Å². The Labute approximate surface area is 252 Å². The molecule has 6 heterocycles. The van der Waals surface area contributed by atoms with E-state index in [1.54, 1.807) is 18.7 Å². The van der Waals surface area contributed by atoms with Gasteiger partial charge in [0.25, 0.3) is 0 Å². The average Bonchev–Trinajstić information content (AvgIpc) is 3.73. The molecule has 0 N–H and O–H groups in total. The molecule has 0 aliphatic heterocycles. The summed E-state index contributed by atoms with van der Waals surface area (Å²) in [5.41, 5.74) is 5.14. The van der Waals surface area contributed by atoms with Crippen molar-refractivity contribution in [3.8, 4) is 22.8 Å². The molecule has 0 amide bonds. The number of aromatic nitrogens is 7. The first-order valence-corrected chi connectivity index (χ1v) is 13.1. The summed E-state index contributed by atoms with van der Waals surface area (Å²) in [6.45, 7) is 0. The van der Waals surface area contributed by atoms with E-state index < -0.39 is 0 Å². The van der Waals surface area contributed by atoms with Crippen molar-refractivity contribution in [2.45, 2.75) is 0 Å². The standard InChI is InChI=1S/C33H17N7O.Pt/c1-2-4-20(5-3-1)29-11-10-25-23-8-6-21(16-26(23)31-36-13-15-40(31)33(25)38-29)41-22-7-9-24-27(17-22)30-35-12-14-39(30)32-28(24)18-34-19-37-32;/h1-15,18-19H;/q-2;+2. The minimum Gasteiger partial charge on any atom is -0.497 e. The first-order chi connectivity index (χ1) is 20.3. The van der Waals surface area contributed by atoms with Gasteiger partial charge in [-0.3, -0.25) is 9.97 Å². The molecule has 0 spiro atoms. The van der Waals surface area contributed by atoms with Gasteiger partial charge in [-0.15, -0.1) is 12.1 Å². The molecule has 0 saturated heterocycles. The molecule has 9 rings (SSSR count). The van der Waals surface area contributed by atoms with Crippen molar-refractivity contribution >= 4 is 54.9 Å². The smallest absolute Gasteiger partial charge is 0.497 e. The molecular formula is C33H17N7OPt. The Morgan fingerprint density at radius 1 is 0.595 bits per heavy atom. The van der Waals surface area contributed by atoms with Crippen LogP contribution in [0.15, 0.2) is 104 Å². The molecule has 3 aromatic carbocycles. The van der Waals surface area contributed by atoms with Crippen LogP contribution < -0.4 is 4.74 Å². The van der Waals surface area contributed by atoms with Crippen LogP contribution in [0.2, 0.25) is 0 Å². The molecule has 6 aromatic heterocycles. The molecule has 0 radical (unpaired) electrons. The monoisotopic (exact) mass is 722 g/mol. The van der Waals surface area contributed by atoms with Gasteiger partial charge in [-0.25, -0.2) is 15.0 Å². The predicted molar refractivity (Wildman–Crippen MR) is 157 cm³/mol. The molecule has 9 heteroatoms. The Balaban J connectivity index is 0.00000267. The molecule has 0 saturated carbocycles. The summed E-state index contributed by atoms with van der Waals surface area (Å²) >= 11 is 0. The van der Waals surface area contributed by atoms with Crippen LogP contribution in [-0.4, -0.2) is 33.7 Å². The summed E-state index contributed by atoms with van der Waals surface area (Å²) < 4.78 is 10.3. The Morgan fingerprint density at radius 2 is 1.24 bits per heavy atom. The van der Waals surface area contributed by atoms with Crippen molar-refractivity contribution in [2.75, 3.05) is 0 Å². The van der Waals surface area contributed by atoms with Gasteiger partial charge in [-0.2, -0.15) is 0 Å². The summed E-state index contributed by atoms with van der Waals surface area (Å²) in [7, 11) is 0. The molecule has 0 fully saturated rings. The normalized spacial score (nSPS) is 11.6. The van der Waals surface area contributed by atoms with E-state index in [0.29, 0.717) is 11.5 Å². The van der Waals surface area contributed by atoms with Crippen LogP contribution in [-0.2, 0) is 21.1 Å². The predicted octanol–water partition coefficient (Wildman–Crippen LogP) is 6.84. The number of benzene rings is 3. The Morgan fingerprint density at radius 3 is 1.95 bits per heavy atom. The summed E-state index contributed by atoms with van der Waals surface area (Å²) in [5.74, 6) is 1.12. The van der Waals surface area contributed by atoms with Crippen LogP contribution in [0.25, 0.3) is 66.2 Å². The number of rotatable bonds is 3. The SMILES string of the molecule is [Pt+2].[c-]1c(Oc2[c-]c3c(cc2)c2ccc(-c4ccccc4)nc2n2ccnc32)ccc2c1c1nccn1c1ncncc21. The fourth-order valence-corrected chi connectivity index (χ4v) is 5.62. The number of ether oxygens (including phenoxy) is 1. The van der Waals surface area contributed by atoms with Gasteiger partial charge in [0.15, 0.2) is 0 Å². The Bertz CT molecular complexity index is 2470. The van der Waals surface area contributed by atoms with Gasteiger partial charge >= 0.3 is 21.1 Å². The third kappa shape index (κ3) is 3.62. The number of nitrogens with zero attached hydrogens (tertiary/aromatic N) is 7. The number of hydrogen-bond donors (Lipinski definition) is 0. The van der Waals surface area contributed by atoms with Crippen molar-refractivity contribution in [1.29, 1.82) is 0 Å². The molecule has 0 unspecified atom stereocenters. The maximum Gasteiger partial charge on any atom is 2.00 e. The van der Waals surface area contributed by atoms with E-state index in [1.807, 2.05) is 69.9 Å². The van der Waals surface area contributed by atoms with Crippen LogP contribution in [0.5, 0.6) is 11.5 Å². The number of pyridine rings is 3. The quantitative estimate of drug-likeness (QED) is 0.147. The van der Waals surface area contributed by atoms with E-state index in [0.717, 1.165) is 66.2 Å². The van der Waals surface area contributed by atoms with Gasteiger partial charge in [0, 0.05) is 53.4 Å². The largest absolute Gasteiger partial charge is 2.00 e. The summed E-state index contributed by atoms with van der Waals surface area (Å²) in [6.07, 6.45) is 10.7. The molecule has 42 heavy (non-hydrogen) atoms. The second-order valence-corrected chi connectivity index (χ2v) is 9.76. The van der Waals surface area contributed by atoms with Crippen molar-refractivity contribution in [3.63, 3.8) is 0 Å². The van der Waals surface area contributed by atoms with Gasteiger partial charge in [0.2, 0.25) is 0 Å². The van der Waals surface area contributed by atoms with Crippen molar-refractivity contribution in [1.82, 2.24) is 33.7 Å². The third-order valence-electron chi connectivity index (χ3n) is 7.46. The fraction of sp³-hybridized carbons (Fsp3) is 0. The van der Waals surface area contributed by atoms with Gasteiger partial charge in [-0.05, 0) is 11.5 Å². The Hall–Kier alpha value is -5.20. The van der Waals surface area contributed by atoms with Crippen LogP contribution in [0.4, 0.5) is 0 Å². The van der Waals surface area contributed by atoms with E-state index in [-0.39, 0.29) is 21.1 Å². The molecule has 8 nitrogen and oxygen atoms in total. The zero-order valence-corrected chi connectivity index (χ0v) is 23.9. The van der Waals surface area contributed by atoms with Gasteiger partial charge < -0.3 is 13.5 Å². The summed E-state index contributed by atoms with van der Waals surface area (Å²) in [5, 5.41) is 5.59. The number of fused-ring (bicyclic) bond motifs is 12. The first kappa shape index (κ1) is 24.6. The minimum atomic E-state index is 0. The molecule has 0 atom stereocenters.